The molecule has 1 atom stereocenters. The highest BCUT2D eigenvalue weighted by Crippen LogP contribution is 2.31. The van der Waals surface area contributed by atoms with Gasteiger partial charge in [-0.05, 0) is 24.3 Å². The molecule has 1 aromatic rings. The molecule has 0 fully saturated rings. The van der Waals surface area contributed by atoms with Gasteiger partial charge < -0.3 is 4.74 Å². The van der Waals surface area contributed by atoms with Crippen LogP contribution in [0.5, 0.6) is 0 Å². The molecule has 0 heterocycles. The summed E-state index contributed by atoms with van der Waals surface area (Å²) in [7, 11) is 0. The summed E-state index contributed by atoms with van der Waals surface area (Å²) < 4.78 is 4.74. The Morgan fingerprint density at radius 2 is 1.78 bits per heavy atom. The van der Waals surface area contributed by atoms with Crippen molar-refractivity contribution in [3.8, 4) is 0 Å². The lowest BCUT2D eigenvalue weighted by Gasteiger charge is -2.27. The first-order valence-corrected chi connectivity index (χ1v) is 6.29. The molecule has 3 nitrogen and oxygen atoms in total. The van der Waals surface area contributed by atoms with E-state index >= 15 is 0 Å². The maximum atomic E-state index is 11.8. The molecule has 0 bridgehead atoms. The van der Waals surface area contributed by atoms with Crippen LogP contribution in [0.4, 0.5) is 0 Å². The van der Waals surface area contributed by atoms with Gasteiger partial charge in [0.1, 0.15) is 0 Å². The van der Waals surface area contributed by atoms with Gasteiger partial charge in [-0.25, -0.2) is 4.79 Å². The zero-order valence-electron chi connectivity index (χ0n) is 11.2. The summed E-state index contributed by atoms with van der Waals surface area (Å²) in [6, 6.07) is 9.80. The number of Topliss-reactive ketones (excluding diaryl/α,β-unsaturated/α-hetero) is 1. The molecule has 98 valence electrons. The second kappa shape index (κ2) is 6.34. The first-order chi connectivity index (χ1) is 8.53. The van der Waals surface area contributed by atoms with Crippen molar-refractivity contribution in [3.63, 3.8) is 0 Å². The molecule has 0 aliphatic rings. The molecular formula is C15H20O3. The molecule has 0 saturated heterocycles. The molecule has 0 aromatic heterocycles. The standard InChI is InChI=1S/C15H20O3/c1-4-15(3,12-9-7-6-8-10-12)11-13(16)14(17)18-5-2/h6-10H,4-5,11H2,1-3H3. The van der Waals surface area contributed by atoms with Crippen LogP contribution in [-0.4, -0.2) is 18.4 Å². The number of rotatable bonds is 6. The average molecular weight is 248 g/mol. The van der Waals surface area contributed by atoms with Crippen LogP contribution >= 0.6 is 0 Å². The summed E-state index contributed by atoms with van der Waals surface area (Å²) >= 11 is 0. The molecule has 0 N–H and O–H groups in total. The topological polar surface area (TPSA) is 43.4 Å². The number of ether oxygens (including phenoxy) is 1. The van der Waals surface area contributed by atoms with Crippen LogP contribution in [0.1, 0.15) is 39.2 Å². The summed E-state index contributed by atoms with van der Waals surface area (Å²) in [5.41, 5.74) is 0.760. The average Bonchev–Trinajstić information content (AvgIpc) is 2.39. The Labute approximate surface area is 108 Å². The summed E-state index contributed by atoms with van der Waals surface area (Å²) in [6.07, 6.45) is 0.981. The zero-order chi connectivity index (χ0) is 13.6. The minimum absolute atomic E-state index is 0.187. The van der Waals surface area contributed by atoms with E-state index in [0.29, 0.717) is 0 Å². The first kappa shape index (κ1) is 14.4. The van der Waals surface area contributed by atoms with Crippen molar-refractivity contribution in [3.05, 3.63) is 35.9 Å². The van der Waals surface area contributed by atoms with E-state index in [1.54, 1.807) is 6.92 Å². The molecular weight excluding hydrogens is 228 g/mol. The molecule has 0 amide bonds. The molecule has 1 rings (SSSR count). The van der Waals surface area contributed by atoms with E-state index < -0.39 is 11.8 Å². The van der Waals surface area contributed by atoms with Crippen LogP contribution in [0.15, 0.2) is 30.3 Å². The number of carbonyl (C=O) groups excluding carboxylic acids is 2. The lowest BCUT2D eigenvalue weighted by molar-refractivity contribution is -0.154. The van der Waals surface area contributed by atoms with E-state index in [0.717, 1.165) is 12.0 Å². The van der Waals surface area contributed by atoms with E-state index in [2.05, 4.69) is 0 Å². The van der Waals surface area contributed by atoms with Crippen LogP contribution in [-0.2, 0) is 19.7 Å². The van der Waals surface area contributed by atoms with Crippen LogP contribution in [0.2, 0.25) is 0 Å². The molecule has 0 aliphatic carbocycles. The van der Waals surface area contributed by atoms with E-state index in [9.17, 15) is 9.59 Å². The summed E-state index contributed by atoms with van der Waals surface area (Å²) in [4.78, 5) is 23.2. The zero-order valence-corrected chi connectivity index (χ0v) is 11.2. The maximum absolute atomic E-state index is 11.8. The number of hydrogen-bond acceptors (Lipinski definition) is 3. The van der Waals surface area contributed by atoms with Gasteiger partial charge in [0.15, 0.2) is 0 Å². The Bertz CT molecular complexity index is 411. The molecule has 3 heteroatoms. The molecule has 0 radical (unpaired) electrons. The van der Waals surface area contributed by atoms with Crippen LogP contribution < -0.4 is 0 Å². The van der Waals surface area contributed by atoms with Gasteiger partial charge in [0.2, 0.25) is 5.78 Å². The number of hydrogen-bond donors (Lipinski definition) is 0. The lowest BCUT2D eigenvalue weighted by Crippen LogP contribution is -2.29. The second-order valence-corrected chi connectivity index (χ2v) is 4.60. The normalized spacial score (nSPS) is 13.7. The van der Waals surface area contributed by atoms with Gasteiger partial charge in [-0.15, -0.1) is 0 Å². The van der Waals surface area contributed by atoms with Gasteiger partial charge in [0, 0.05) is 6.42 Å². The van der Waals surface area contributed by atoms with Crippen molar-refractivity contribution in [1.82, 2.24) is 0 Å². The lowest BCUT2D eigenvalue weighted by atomic mass is 9.76. The van der Waals surface area contributed by atoms with Crippen molar-refractivity contribution < 1.29 is 14.3 Å². The summed E-state index contributed by atoms with van der Waals surface area (Å²) in [6.45, 7) is 5.95. The van der Waals surface area contributed by atoms with Crippen molar-refractivity contribution in [2.45, 2.75) is 39.0 Å². The van der Waals surface area contributed by atoms with Gasteiger partial charge >= 0.3 is 5.97 Å². The highest BCUT2D eigenvalue weighted by atomic mass is 16.5. The smallest absolute Gasteiger partial charge is 0.374 e. The van der Waals surface area contributed by atoms with Gasteiger partial charge in [0.25, 0.3) is 0 Å². The SMILES string of the molecule is CCOC(=O)C(=O)CC(C)(CC)c1ccccc1. The predicted molar refractivity (Wildman–Crippen MR) is 70.3 cm³/mol. The number of carbonyl (C=O) groups is 2. The number of ketones is 1. The number of benzene rings is 1. The molecule has 1 unspecified atom stereocenters. The van der Waals surface area contributed by atoms with E-state index in [-0.39, 0.29) is 18.4 Å². The largest absolute Gasteiger partial charge is 0.460 e. The minimum atomic E-state index is -0.729. The molecule has 0 spiro atoms. The van der Waals surface area contributed by atoms with Crippen LogP contribution in [0.3, 0.4) is 0 Å². The third-order valence-electron chi connectivity index (χ3n) is 3.30. The summed E-state index contributed by atoms with van der Waals surface area (Å²) in [5.74, 6) is -1.18. The van der Waals surface area contributed by atoms with Crippen molar-refractivity contribution in [2.75, 3.05) is 6.61 Å². The fraction of sp³-hybridized carbons (Fsp3) is 0.467. The van der Waals surface area contributed by atoms with Gasteiger partial charge in [0.05, 0.1) is 6.61 Å². The first-order valence-electron chi connectivity index (χ1n) is 6.29. The van der Waals surface area contributed by atoms with Gasteiger partial charge in [-0.3, -0.25) is 4.79 Å². The van der Waals surface area contributed by atoms with Gasteiger partial charge in [-0.2, -0.15) is 0 Å². The van der Waals surface area contributed by atoms with Crippen molar-refractivity contribution >= 4 is 11.8 Å². The van der Waals surface area contributed by atoms with Gasteiger partial charge in [-0.1, -0.05) is 44.2 Å². The quantitative estimate of drug-likeness (QED) is 0.574. The number of esters is 1. The Kier molecular flexibility index (Phi) is 5.08. The van der Waals surface area contributed by atoms with E-state index in [4.69, 9.17) is 4.74 Å². The fourth-order valence-electron chi connectivity index (χ4n) is 1.91. The Morgan fingerprint density at radius 3 is 2.28 bits per heavy atom. The van der Waals surface area contributed by atoms with Crippen LogP contribution in [0, 0.1) is 0 Å². The highest BCUT2D eigenvalue weighted by molar-refractivity contribution is 6.33. The monoisotopic (exact) mass is 248 g/mol. The predicted octanol–water partition coefficient (Wildman–Crippen LogP) is 2.88. The van der Waals surface area contributed by atoms with Crippen LogP contribution in [0.25, 0.3) is 0 Å². The molecule has 0 saturated carbocycles. The third kappa shape index (κ3) is 3.42. The minimum Gasteiger partial charge on any atom is -0.460 e. The Balaban J connectivity index is 2.84. The maximum Gasteiger partial charge on any atom is 0.374 e. The second-order valence-electron chi connectivity index (χ2n) is 4.60. The highest BCUT2D eigenvalue weighted by Gasteiger charge is 2.30. The molecule has 18 heavy (non-hydrogen) atoms. The summed E-state index contributed by atoms with van der Waals surface area (Å²) in [5, 5.41) is 0. The van der Waals surface area contributed by atoms with E-state index in [1.165, 1.54) is 0 Å². The molecule has 1 aromatic carbocycles. The molecule has 0 aliphatic heterocycles. The Morgan fingerprint density at radius 1 is 1.17 bits per heavy atom. The van der Waals surface area contributed by atoms with Crippen molar-refractivity contribution in [2.24, 2.45) is 0 Å². The van der Waals surface area contributed by atoms with E-state index in [1.807, 2.05) is 44.2 Å². The van der Waals surface area contributed by atoms with Crippen molar-refractivity contribution in [1.29, 1.82) is 0 Å². The third-order valence-corrected chi connectivity index (χ3v) is 3.30. The Hall–Kier alpha value is -1.64. The fourth-order valence-corrected chi connectivity index (χ4v) is 1.91.